The maximum atomic E-state index is 12.6. The third-order valence-electron chi connectivity index (χ3n) is 10.2. The van der Waals surface area contributed by atoms with Crippen molar-refractivity contribution in [3.63, 3.8) is 0 Å². The van der Waals surface area contributed by atoms with E-state index in [1.807, 2.05) is 26.0 Å². The number of hydrogen-bond donors (Lipinski definition) is 4. The molecular weight excluding hydrogens is 789 g/mol. The van der Waals surface area contributed by atoms with Crippen LogP contribution in [-0.4, -0.2) is 138 Å². The van der Waals surface area contributed by atoms with Gasteiger partial charge in [0.15, 0.2) is 0 Å². The van der Waals surface area contributed by atoms with Crippen LogP contribution in [0.15, 0.2) is 72.8 Å². The molecule has 14 nitrogen and oxygen atoms in total. The molecule has 14 heteroatoms. The minimum absolute atomic E-state index is 0.0260. The molecule has 330 valence electrons. The Kier molecular flexibility index (Phi) is 19.3. The van der Waals surface area contributed by atoms with E-state index in [0.717, 1.165) is 50.1 Å². The first kappa shape index (κ1) is 47.5. The van der Waals surface area contributed by atoms with Crippen LogP contribution in [0, 0.1) is 13.8 Å². The Morgan fingerprint density at radius 3 is 1.28 bits per heavy atom. The molecule has 4 N–H and O–H groups in total. The topological polar surface area (TPSA) is 189 Å². The maximum absolute atomic E-state index is 12.6. The summed E-state index contributed by atoms with van der Waals surface area (Å²) in [6, 6.07) is 23.3. The molecule has 0 amide bonds. The van der Waals surface area contributed by atoms with E-state index in [0.29, 0.717) is 84.8 Å². The van der Waals surface area contributed by atoms with Crippen molar-refractivity contribution < 1.29 is 67.9 Å². The van der Waals surface area contributed by atoms with E-state index in [9.17, 15) is 19.8 Å². The predicted molar refractivity (Wildman–Crippen MR) is 226 cm³/mol. The van der Waals surface area contributed by atoms with Crippen LogP contribution in [0.25, 0.3) is 11.1 Å². The monoisotopic (exact) mass is 846 g/mol. The van der Waals surface area contributed by atoms with E-state index in [1.54, 1.807) is 6.07 Å². The van der Waals surface area contributed by atoms with Crippen LogP contribution in [0.4, 0.5) is 0 Å². The molecule has 0 bridgehead atoms. The second-order valence-electron chi connectivity index (χ2n) is 14.4. The first-order chi connectivity index (χ1) is 29.7. The fourth-order valence-electron chi connectivity index (χ4n) is 7.43. The number of rotatable bonds is 30. The molecule has 1 aliphatic carbocycles. The van der Waals surface area contributed by atoms with E-state index in [-0.39, 0.29) is 50.8 Å². The zero-order valence-corrected chi connectivity index (χ0v) is 35.0. The number of benzene rings is 4. The van der Waals surface area contributed by atoms with E-state index >= 15 is 0 Å². The lowest BCUT2D eigenvalue weighted by Gasteiger charge is -2.35. The van der Waals surface area contributed by atoms with Crippen LogP contribution < -0.4 is 0 Å². The molecule has 0 heterocycles. The van der Waals surface area contributed by atoms with Crippen molar-refractivity contribution in [2.24, 2.45) is 0 Å². The summed E-state index contributed by atoms with van der Waals surface area (Å²) in [5, 5.41) is 37.9. The molecule has 4 aromatic rings. The van der Waals surface area contributed by atoms with E-state index in [1.165, 1.54) is 12.1 Å². The standard InChI is InChI=1S/C47H58O14/c1-33-3-8-39-40-9-4-34(2)28-44(40)47(43(39)27-33,38-7-10-41(45(50)51)42(30-38)46(52)53)37-6-5-35(31-60-25-23-58-21-19-56-17-15-54-13-11-48)36(29-37)32-61-26-24-59-22-20-57-18-16-55-14-12-49/h3-10,27-30,48-49H,11-26,31-32H2,1-2H3,(H,50,51)(H,52,53). The number of ether oxygens (including phenoxy) is 8. The molecule has 4 aromatic carbocycles. The highest BCUT2D eigenvalue weighted by Gasteiger charge is 2.47. The molecule has 0 radical (unpaired) electrons. The number of aliphatic hydroxyl groups is 2. The van der Waals surface area contributed by atoms with Crippen LogP contribution in [0.3, 0.4) is 0 Å². The summed E-state index contributed by atoms with van der Waals surface area (Å²) in [7, 11) is 0. The lowest BCUT2D eigenvalue weighted by atomic mass is 9.66. The van der Waals surface area contributed by atoms with Gasteiger partial charge in [0.2, 0.25) is 0 Å². The predicted octanol–water partition coefficient (Wildman–Crippen LogP) is 5.18. The number of aliphatic hydroxyl groups excluding tert-OH is 2. The molecule has 0 spiro atoms. The number of aryl methyl sites for hydroxylation is 2. The number of aromatic carboxylic acids is 2. The third kappa shape index (κ3) is 12.7. The molecule has 61 heavy (non-hydrogen) atoms. The van der Waals surface area contributed by atoms with Crippen molar-refractivity contribution in [3.8, 4) is 11.1 Å². The van der Waals surface area contributed by atoms with Gasteiger partial charge >= 0.3 is 11.9 Å². The van der Waals surface area contributed by atoms with Gasteiger partial charge in [-0.2, -0.15) is 0 Å². The Morgan fingerprint density at radius 2 is 0.836 bits per heavy atom. The third-order valence-corrected chi connectivity index (χ3v) is 10.2. The molecule has 0 aromatic heterocycles. The summed E-state index contributed by atoms with van der Waals surface area (Å²) in [6.45, 7) is 9.55. The summed E-state index contributed by atoms with van der Waals surface area (Å²) in [5.41, 5.74) is 7.57. The van der Waals surface area contributed by atoms with Crippen molar-refractivity contribution in [2.45, 2.75) is 32.5 Å². The molecule has 0 atom stereocenters. The van der Waals surface area contributed by atoms with Crippen molar-refractivity contribution >= 4 is 11.9 Å². The van der Waals surface area contributed by atoms with Crippen LogP contribution in [0.1, 0.15) is 65.2 Å². The molecule has 0 saturated carbocycles. The van der Waals surface area contributed by atoms with Gasteiger partial charge in [-0.25, -0.2) is 9.59 Å². The SMILES string of the molecule is Cc1ccc2c(c1)C(c1ccc(COCCOCCOCCOCCO)c(COCCOCCOCCOCCO)c1)(c1ccc(C(=O)O)c(C(=O)O)c1)c1cc(C)ccc1-2. The first-order valence-electron chi connectivity index (χ1n) is 20.5. The van der Waals surface area contributed by atoms with Gasteiger partial charge in [-0.1, -0.05) is 71.8 Å². The van der Waals surface area contributed by atoms with Crippen LogP contribution >= 0.6 is 0 Å². The van der Waals surface area contributed by atoms with Gasteiger partial charge < -0.3 is 58.3 Å². The highest BCUT2D eigenvalue weighted by molar-refractivity contribution is 6.02. The summed E-state index contributed by atoms with van der Waals surface area (Å²) < 4.78 is 45.1. The normalized spacial score (nSPS) is 12.7. The maximum Gasteiger partial charge on any atom is 0.336 e. The molecule has 0 aliphatic heterocycles. The fraction of sp³-hybridized carbons (Fsp3) is 0.447. The van der Waals surface area contributed by atoms with Gasteiger partial charge in [-0.15, -0.1) is 0 Å². The molecule has 0 saturated heterocycles. The number of carboxylic acids is 2. The zero-order chi connectivity index (χ0) is 43.5. The zero-order valence-electron chi connectivity index (χ0n) is 35.0. The number of carbonyl (C=O) groups is 2. The Morgan fingerprint density at radius 1 is 0.443 bits per heavy atom. The van der Waals surface area contributed by atoms with Crippen molar-refractivity contribution in [1.82, 2.24) is 0 Å². The lowest BCUT2D eigenvalue weighted by Crippen LogP contribution is -2.30. The van der Waals surface area contributed by atoms with Gasteiger partial charge in [0.1, 0.15) is 0 Å². The number of carboxylic acid groups (broad SMARTS) is 2. The smallest absolute Gasteiger partial charge is 0.336 e. The van der Waals surface area contributed by atoms with Crippen molar-refractivity contribution in [2.75, 3.05) is 106 Å². The molecule has 0 fully saturated rings. The summed E-state index contributed by atoms with van der Waals surface area (Å²) in [4.78, 5) is 24.9. The van der Waals surface area contributed by atoms with Gasteiger partial charge in [-0.3, -0.25) is 0 Å². The van der Waals surface area contributed by atoms with E-state index in [2.05, 4.69) is 42.5 Å². The van der Waals surface area contributed by atoms with Crippen LogP contribution in [-0.2, 0) is 56.5 Å². The van der Waals surface area contributed by atoms with Gasteiger partial charge in [0.25, 0.3) is 0 Å². The van der Waals surface area contributed by atoms with Crippen molar-refractivity contribution in [1.29, 1.82) is 0 Å². The highest BCUT2D eigenvalue weighted by atomic mass is 16.6. The highest BCUT2D eigenvalue weighted by Crippen LogP contribution is 2.57. The Balaban J connectivity index is 1.42. The second kappa shape index (κ2) is 24.8. The minimum atomic E-state index is -1.33. The summed E-state index contributed by atoms with van der Waals surface area (Å²) in [6.07, 6.45) is 0. The van der Waals surface area contributed by atoms with Crippen molar-refractivity contribution in [3.05, 3.63) is 128 Å². The van der Waals surface area contributed by atoms with Gasteiger partial charge in [-0.05, 0) is 70.5 Å². The second-order valence-corrected chi connectivity index (χ2v) is 14.4. The fourth-order valence-corrected chi connectivity index (χ4v) is 7.43. The Labute approximate surface area is 356 Å². The lowest BCUT2D eigenvalue weighted by molar-refractivity contribution is -0.00922. The van der Waals surface area contributed by atoms with Crippen LogP contribution in [0.2, 0.25) is 0 Å². The molecular formula is C47H58O14. The van der Waals surface area contributed by atoms with E-state index in [4.69, 9.17) is 48.1 Å². The Hall–Kier alpha value is -4.58. The number of fused-ring (bicyclic) bond motifs is 3. The average Bonchev–Trinajstić information content (AvgIpc) is 3.53. The number of hydrogen-bond acceptors (Lipinski definition) is 12. The molecule has 0 unspecified atom stereocenters. The summed E-state index contributed by atoms with van der Waals surface area (Å²) >= 11 is 0. The van der Waals surface area contributed by atoms with Crippen LogP contribution in [0.5, 0.6) is 0 Å². The largest absolute Gasteiger partial charge is 0.478 e. The minimum Gasteiger partial charge on any atom is -0.478 e. The quantitative estimate of drug-likeness (QED) is 0.0443. The first-order valence-corrected chi connectivity index (χ1v) is 20.5. The van der Waals surface area contributed by atoms with E-state index < -0.39 is 17.4 Å². The van der Waals surface area contributed by atoms with Gasteiger partial charge in [0.05, 0.1) is 135 Å². The molecule has 1 aliphatic rings. The van der Waals surface area contributed by atoms with Gasteiger partial charge in [0, 0.05) is 0 Å². The average molecular weight is 847 g/mol. The Bertz CT molecular complexity index is 1960. The summed E-state index contributed by atoms with van der Waals surface area (Å²) in [5.74, 6) is -2.65. The molecule has 5 rings (SSSR count).